The maximum Gasteiger partial charge on any atom is 0.240 e. The Hall–Kier alpha value is -5.31. The van der Waals surface area contributed by atoms with Gasteiger partial charge in [0.25, 0.3) is 0 Å². The summed E-state index contributed by atoms with van der Waals surface area (Å²) in [5.41, 5.74) is 2.55. The molecule has 0 unspecified atom stereocenters. The van der Waals surface area contributed by atoms with Crippen LogP contribution in [0.1, 0.15) is 12.8 Å². The number of benzene rings is 3. The van der Waals surface area contributed by atoms with Gasteiger partial charge in [-0.15, -0.1) is 0 Å². The van der Waals surface area contributed by atoms with E-state index in [1.54, 1.807) is 49.8 Å². The van der Waals surface area contributed by atoms with Gasteiger partial charge in [-0.05, 0) is 96.8 Å². The summed E-state index contributed by atoms with van der Waals surface area (Å²) in [6.07, 6.45) is 4.27. The Morgan fingerprint density at radius 3 is 2.07 bits per heavy atom. The van der Waals surface area contributed by atoms with Crippen LogP contribution in [-0.4, -0.2) is 28.9 Å². The van der Waals surface area contributed by atoms with Gasteiger partial charge in [-0.1, -0.05) is 6.07 Å². The number of fused-ring (bicyclic) bond motifs is 1. The zero-order valence-electron chi connectivity index (χ0n) is 22.1. The van der Waals surface area contributed by atoms with Crippen molar-refractivity contribution in [2.24, 2.45) is 5.41 Å². The first-order valence-corrected chi connectivity index (χ1v) is 13.0. The standard InChI is InChI=1S/C32H25FN4O4/c1-40-29-19-21(12-16-35-29)20-2-11-26-27(18-20)34-17-13-28(26)41-25-9-7-24(8-10-25)37-31(39)32(14-15-32)30(38)36-23-5-3-22(33)4-6-23/h2-13,16-19H,14-15H2,1H3,(H,36,38)(H,37,39). The Morgan fingerprint density at radius 1 is 0.780 bits per heavy atom. The second kappa shape index (κ2) is 10.7. The molecular formula is C32H25FN4O4. The highest BCUT2D eigenvalue weighted by molar-refractivity contribution is 6.16. The van der Waals surface area contributed by atoms with Crippen LogP contribution in [0, 0.1) is 11.2 Å². The van der Waals surface area contributed by atoms with Crippen molar-refractivity contribution in [3.63, 3.8) is 0 Å². The van der Waals surface area contributed by atoms with Crippen LogP contribution in [0.15, 0.2) is 97.3 Å². The van der Waals surface area contributed by atoms with Crippen molar-refractivity contribution in [1.82, 2.24) is 9.97 Å². The molecule has 3 aromatic carbocycles. The molecule has 2 amide bonds. The van der Waals surface area contributed by atoms with E-state index in [2.05, 4.69) is 20.6 Å². The summed E-state index contributed by atoms with van der Waals surface area (Å²) in [6.45, 7) is 0. The number of carbonyl (C=O) groups is 2. The molecule has 0 aliphatic heterocycles. The van der Waals surface area contributed by atoms with Crippen LogP contribution >= 0.6 is 0 Å². The third kappa shape index (κ3) is 5.42. The number of aromatic nitrogens is 2. The molecular weight excluding hydrogens is 523 g/mol. The third-order valence-electron chi connectivity index (χ3n) is 7.04. The van der Waals surface area contributed by atoms with Crippen LogP contribution in [0.2, 0.25) is 0 Å². The number of nitrogens with one attached hydrogen (secondary N) is 2. The molecule has 2 heterocycles. The number of hydrogen-bond donors (Lipinski definition) is 2. The van der Waals surface area contributed by atoms with Gasteiger partial charge in [0.15, 0.2) is 0 Å². The van der Waals surface area contributed by atoms with E-state index in [0.29, 0.717) is 41.6 Å². The molecule has 1 aliphatic carbocycles. The van der Waals surface area contributed by atoms with Crippen molar-refractivity contribution in [3.8, 4) is 28.5 Å². The fourth-order valence-corrected chi connectivity index (χ4v) is 4.54. The number of methoxy groups -OCH3 is 1. The molecule has 0 spiro atoms. The number of hydrogen-bond acceptors (Lipinski definition) is 6. The SMILES string of the molecule is COc1cc(-c2ccc3c(Oc4ccc(NC(=O)C5(C(=O)Nc6ccc(F)cc6)CC5)cc4)ccnc3c2)ccn1. The number of carbonyl (C=O) groups excluding carboxylic acids is 2. The number of ether oxygens (including phenoxy) is 2. The first-order chi connectivity index (χ1) is 19.9. The van der Waals surface area contributed by atoms with Gasteiger partial charge >= 0.3 is 0 Å². The smallest absolute Gasteiger partial charge is 0.240 e. The van der Waals surface area contributed by atoms with E-state index in [1.807, 2.05) is 30.3 Å². The highest BCUT2D eigenvalue weighted by Crippen LogP contribution is 2.47. The van der Waals surface area contributed by atoms with E-state index < -0.39 is 17.1 Å². The van der Waals surface area contributed by atoms with E-state index in [0.717, 1.165) is 22.0 Å². The zero-order chi connectivity index (χ0) is 28.4. The van der Waals surface area contributed by atoms with E-state index >= 15 is 0 Å². The summed E-state index contributed by atoms with van der Waals surface area (Å²) in [7, 11) is 1.58. The first-order valence-electron chi connectivity index (χ1n) is 13.0. The number of rotatable bonds is 8. The topological polar surface area (TPSA) is 102 Å². The van der Waals surface area contributed by atoms with Crippen LogP contribution in [0.3, 0.4) is 0 Å². The zero-order valence-corrected chi connectivity index (χ0v) is 22.1. The molecule has 6 rings (SSSR count). The number of anilines is 2. The normalized spacial score (nSPS) is 13.3. The van der Waals surface area contributed by atoms with Crippen LogP contribution in [-0.2, 0) is 9.59 Å². The van der Waals surface area contributed by atoms with Gasteiger partial charge in [0, 0.05) is 35.2 Å². The molecule has 0 saturated heterocycles. The maximum atomic E-state index is 13.2. The molecule has 0 radical (unpaired) electrons. The van der Waals surface area contributed by atoms with Gasteiger partial charge in [-0.25, -0.2) is 9.37 Å². The average Bonchev–Trinajstić information content (AvgIpc) is 3.82. The molecule has 41 heavy (non-hydrogen) atoms. The molecule has 0 bridgehead atoms. The lowest BCUT2D eigenvalue weighted by Gasteiger charge is -2.16. The Labute approximate surface area is 235 Å². The molecule has 1 fully saturated rings. The Bertz CT molecular complexity index is 1750. The average molecular weight is 549 g/mol. The lowest BCUT2D eigenvalue weighted by Crippen LogP contribution is -2.35. The second-order valence-electron chi connectivity index (χ2n) is 9.75. The maximum absolute atomic E-state index is 13.2. The summed E-state index contributed by atoms with van der Waals surface area (Å²) in [5, 5.41) is 6.38. The Morgan fingerprint density at radius 2 is 1.41 bits per heavy atom. The van der Waals surface area contributed by atoms with Gasteiger partial charge in [0.05, 0.1) is 12.6 Å². The fourth-order valence-electron chi connectivity index (χ4n) is 4.54. The highest BCUT2D eigenvalue weighted by Gasteiger charge is 2.56. The summed E-state index contributed by atoms with van der Waals surface area (Å²) >= 11 is 0. The summed E-state index contributed by atoms with van der Waals surface area (Å²) in [6, 6.07) is 23.9. The molecule has 0 atom stereocenters. The van der Waals surface area contributed by atoms with Crippen LogP contribution in [0.25, 0.3) is 22.0 Å². The number of halogens is 1. The third-order valence-corrected chi connectivity index (χ3v) is 7.04. The van der Waals surface area contributed by atoms with Gasteiger partial charge in [0.1, 0.15) is 22.7 Å². The predicted molar refractivity (Wildman–Crippen MR) is 153 cm³/mol. The molecule has 1 aliphatic rings. The van der Waals surface area contributed by atoms with Crippen molar-refractivity contribution in [2.45, 2.75) is 12.8 Å². The molecule has 1 saturated carbocycles. The minimum atomic E-state index is -1.14. The van der Waals surface area contributed by atoms with Crippen LogP contribution in [0.5, 0.6) is 17.4 Å². The molecule has 2 aromatic heterocycles. The van der Waals surface area contributed by atoms with E-state index in [9.17, 15) is 14.0 Å². The van der Waals surface area contributed by atoms with Crippen molar-refractivity contribution < 1.29 is 23.5 Å². The van der Waals surface area contributed by atoms with E-state index in [-0.39, 0.29) is 5.91 Å². The van der Waals surface area contributed by atoms with Crippen molar-refractivity contribution >= 4 is 34.1 Å². The van der Waals surface area contributed by atoms with Crippen LogP contribution in [0.4, 0.5) is 15.8 Å². The number of nitrogens with zero attached hydrogens (tertiary/aromatic N) is 2. The van der Waals surface area contributed by atoms with Crippen molar-refractivity contribution in [2.75, 3.05) is 17.7 Å². The van der Waals surface area contributed by atoms with Gasteiger partial charge in [-0.2, -0.15) is 0 Å². The quantitative estimate of drug-likeness (QED) is 0.212. The lowest BCUT2D eigenvalue weighted by atomic mass is 10.0. The molecule has 8 nitrogen and oxygen atoms in total. The van der Waals surface area contributed by atoms with Crippen molar-refractivity contribution in [3.05, 3.63) is 103 Å². The number of amides is 2. The monoisotopic (exact) mass is 548 g/mol. The predicted octanol–water partition coefficient (Wildman–Crippen LogP) is 6.59. The molecule has 9 heteroatoms. The largest absolute Gasteiger partial charge is 0.481 e. The fraction of sp³-hybridized carbons (Fsp3) is 0.125. The number of pyridine rings is 2. The van der Waals surface area contributed by atoms with Gasteiger partial charge in [0.2, 0.25) is 17.7 Å². The Kier molecular flexibility index (Phi) is 6.76. The minimum Gasteiger partial charge on any atom is -0.481 e. The first kappa shape index (κ1) is 25.9. The summed E-state index contributed by atoms with van der Waals surface area (Å²) < 4.78 is 24.5. The Balaban J connectivity index is 1.13. The molecule has 2 N–H and O–H groups in total. The van der Waals surface area contributed by atoms with Gasteiger partial charge in [-0.3, -0.25) is 14.6 Å². The highest BCUT2D eigenvalue weighted by atomic mass is 19.1. The minimum absolute atomic E-state index is 0.381. The van der Waals surface area contributed by atoms with E-state index in [4.69, 9.17) is 9.47 Å². The second-order valence-corrected chi connectivity index (χ2v) is 9.75. The molecule has 204 valence electrons. The lowest BCUT2D eigenvalue weighted by molar-refractivity contribution is -0.131. The van der Waals surface area contributed by atoms with Gasteiger partial charge < -0.3 is 20.1 Å². The summed E-state index contributed by atoms with van der Waals surface area (Å²) in [5.74, 6) is 0.565. The van der Waals surface area contributed by atoms with Crippen molar-refractivity contribution in [1.29, 1.82) is 0 Å². The summed E-state index contributed by atoms with van der Waals surface area (Å²) in [4.78, 5) is 34.5. The van der Waals surface area contributed by atoms with E-state index in [1.165, 1.54) is 24.3 Å². The molecule has 5 aromatic rings. The van der Waals surface area contributed by atoms with Crippen LogP contribution < -0.4 is 20.1 Å².